The van der Waals surface area contributed by atoms with Crippen molar-refractivity contribution in [1.29, 1.82) is 0 Å². The summed E-state index contributed by atoms with van der Waals surface area (Å²) >= 11 is 7.71. The topological polar surface area (TPSA) is 75.4 Å². The smallest absolute Gasteiger partial charge is 0.220 e. The fraction of sp³-hybridized carbons (Fsp3) is 0.833. The third-order valence-electron chi connectivity index (χ3n) is 11.7. The molecule has 202 valence electrons. The van der Waals surface area contributed by atoms with Crippen LogP contribution in [-0.4, -0.2) is 23.2 Å². The molecule has 5 rings (SSSR count). The Morgan fingerprint density at radius 1 is 1.17 bits per heavy atom. The lowest BCUT2D eigenvalue weighted by molar-refractivity contribution is -0.138. The van der Waals surface area contributed by atoms with Crippen molar-refractivity contribution in [3.63, 3.8) is 0 Å². The van der Waals surface area contributed by atoms with Crippen molar-refractivity contribution in [3.05, 3.63) is 21.3 Å². The van der Waals surface area contributed by atoms with Crippen molar-refractivity contribution in [2.24, 2.45) is 52.1 Å². The second-order valence-electron chi connectivity index (χ2n) is 13.4. The number of fused-ring (bicyclic) bond motifs is 5. The molecule has 0 saturated heterocycles. The Kier molecular flexibility index (Phi) is 7.62. The van der Waals surface area contributed by atoms with Crippen molar-refractivity contribution in [1.82, 2.24) is 5.32 Å². The molecule has 4 N–H and O–H groups in total. The Hall–Kier alpha value is -0.620. The minimum Gasteiger partial charge on any atom is -0.393 e. The van der Waals surface area contributed by atoms with Gasteiger partial charge in [0.25, 0.3) is 0 Å². The van der Waals surface area contributed by atoms with Gasteiger partial charge in [-0.3, -0.25) is 4.79 Å². The van der Waals surface area contributed by atoms with Crippen molar-refractivity contribution in [2.45, 2.75) is 110 Å². The highest BCUT2D eigenvalue weighted by atomic mass is 35.5. The van der Waals surface area contributed by atoms with Crippen LogP contribution in [0.25, 0.3) is 0 Å². The predicted octanol–water partition coefficient (Wildman–Crippen LogP) is 6.95. The van der Waals surface area contributed by atoms with E-state index in [1.165, 1.54) is 25.7 Å². The molecule has 1 amide bonds. The van der Waals surface area contributed by atoms with E-state index in [0.717, 1.165) is 41.3 Å². The number of carbonyl (C=O) groups excluding carboxylic acids is 1. The molecule has 4 saturated carbocycles. The quantitative estimate of drug-likeness (QED) is 0.369. The SMILES string of the molecule is CC[C@@H](NC(=O)C[C@@H](C)[C@H]1CC[C@H]2[C@@H]3[C@H](N)C[C@@H]4C[C@H](O)CC[C@]4(C)[C@H]3CC[C@]12C)c1ccc(Cl)s1. The van der Waals surface area contributed by atoms with E-state index in [-0.39, 0.29) is 29.5 Å². The van der Waals surface area contributed by atoms with E-state index >= 15 is 0 Å². The van der Waals surface area contributed by atoms with E-state index in [9.17, 15) is 9.90 Å². The molecule has 1 aromatic rings. The summed E-state index contributed by atoms with van der Waals surface area (Å²) in [5.74, 6) is 3.65. The van der Waals surface area contributed by atoms with Crippen LogP contribution < -0.4 is 11.1 Å². The molecule has 11 atom stereocenters. The van der Waals surface area contributed by atoms with Crippen molar-refractivity contribution in [3.8, 4) is 0 Å². The maximum absolute atomic E-state index is 13.2. The zero-order valence-corrected chi connectivity index (χ0v) is 24.2. The zero-order chi connectivity index (χ0) is 25.8. The molecule has 0 bridgehead atoms. The molecule has 0 unspecified atom stereocenters. The molecular formula is C30H47ClN2O2S. The predicted molar refractivity (Wildman–Crippen MR) is 149 cm³/mol. The summed E-state index contributed by atoms with van der Waals surface area (Å²) in [5, 5.41) is 13.7. The lowest BCUT2D eigenvalue weighted by atomic mass is 9.43. The van der Waals surface area contributed by atoms with E-state index in [2.05, 4.69) is 33.0 Å². The number of thiophene rings is 1. The average Bonchev–Trinajstić information content (AvgIpc) is 3.41. The van der Waals surface area contributed by atoms with E-state index in [4.69, 9.17) is 17.3 Å². The first kappa shape index (κ1) is 27.0. The van der Waals surface area contributed by atoms with Gasteiger partial charge in [-0.1, -0.05) is 39.3 Å². The first-order chi connectivity index (χ1) is 17.1. The number of hydrogen-bond donors (Lipinski definition) is 3. The molecule has 4 aliphatic carbocycles. The monoisotopic (exact) mass is 534 g/mol. The zero-order valence-electron chi connectivity index (χ0n) is 22.6. The first-order valence-electron chi connectivity index (χ1n) is 14.5. The molecular weight excluding hydrogens is 488 g/mol. The molecule has 0 aromatic carbocycles. The van der Waals surface area contributed by atoms with Crippen LogP contribution in [0.5, 0.6) is 0 Å². The summed E-state index contributed by atoms with van der Waals surface area (Å²) < 4.78 is 0.775. The van der Waals surface area contributed by atoms with Gasteiger partial charge in [0.15, 0.2) is 0 Å². The van der Waals surface area contributed by atoms with Crippen LogP contribution >= 0.6 is 22.9 Å². The number of rotatable bonds is 6. The summed E-state index contributed by atoms with van der Waals surface area (Å²) in [6.45, 7) is 9.50. The Balaban J connectivity index is 1.27. The normalized spacial score (nSPS) is 43.7. The Labute approximate surface area is 227 Å². The maximum Gasteiger partial charge on any atom is 0.220 e. The highest BCUT2D eigenvalue weighted by Crippen LogP contribution is 2.68. The summed E-state index contributed by atoms with van der Waals surface area (Å²) in [5.41, 5.74) is 7.61. The highest BCUT2D eigenvalue weighted by Gasteiger charge is 2.62. The number of hydrogen-bond acceptors (Lipinski definition) is 4. The van der Waals surface area contributed by atoms with Crippen molar-refractivity contribution in [2.75, 3.05) is 0 Å². The molecule has 0 radical (unpaired) electrons. The lowest BCUT2D eigenvalue weighted by Crippen LogP contribution is -2.60. The molecule has 36 heavy (non-hydrogen) atoms. The summed E-state index contributed by atoms with van der Waals surface area (Å²) in [6.07, 6.45) is 10.5. The number of aliphatic hydroxyl groups excluding tert-OH is 1. The second kappa shape index (κ2) is 10.2. The van der Waals surface area contributed by atoms with Gasteiger partial charge in [0.1, 0.15) is 0 Å². The van der Waals surface area contributed by atoms with Gasteiger partial charge in [0.2, 0.25) is 5.91 Å². The van der Waals surface area contributed by atoms with Gasteiger partial charge in [-0.15, -0.1) is 11.3 Å². The van der Waals surface area contributed by atoms with Gasteiger partial charge in [-0.05, 0) is 116 Å². The van der Waals surface area contributed by atoms with Crippen LogP contribution in [0.3, 0.4) is 0 Å². The standard InChI is InChI=1S/C30H47ClN2O2S/c1-5-24(25-8-9-26(31)36-25)33-27(35)14-17(2)20-6-7-21-28-22(11-13-30(20,21)4)29(3)12-10-19(34)15-18(29)16-23(28)32/h8-9,17-24,28,34H,5-7,10-16,32H2,1-4H3,(H,33,35)/t17-,18+,19-,20-,21+,22+,23-,24-,28+,29+,30-/m1/s1. The van der Waals surface area contributed by atoms with Crippen molar-refractivity contribution >= 4 is 28.8 Å². The Bertz CT molecular complexity index is 953. The molecule has 0 aliphatic heterocycles. The van der Waals surface area contributed by atoms with E-state index in [1.54, 1.807) is 11.3 Å². The number of amides is 1. The second-order valence-corrected chi connectivity index (χ2v) is 15.1. The minimum absolute atomic E-state index is 0.0486. The fourth-order valence-corrected chi connectivity index (χ4v) is 11.0. The first-order valence-corrected chi connectivity index (χ1v) is 15.7. The summed E-state index contributed by atoms with van der Waals surface area (Å²) in [6, 6.07) is 4.26. The molecule has 6 heteroatoms. The van der Waals surface area contributed by atoms with Crippen LogP contribution in [0.1, 0.15) is 103 Å². The Morgan fingerprint density at radius 2 is 1.89 bits per heavy atom. The van der Waals surface area contributed by atoms with E-state index in [1.807, 2.05) is 12.1 Å². The van der Waals surface area contributed by atoms with Crippen LogP contribution in [0.2, 0.25) is 4.34 Å². The average molecular weight is 535 g/mol. The number of aliphatic hydroxyl groups is 1. The van der Waals surface area contributed by atoms with Crippen LogP contribution in [0, 0.1) is 46.3 Å². The molecule has 4 aliphatic rings. The molecule has 4 fully saturated rings. The molecule has 1 aromatic heterocycles. The molecule has 0 spiro atoms. The summed E-state index contributed by atoms with van der Waals surface area (Å²) in [7, 11) is 0. The van der Waals surface area contributed by atoms with Gasteiger partial charge in [0, 0.05) is 17.3 Å². The third-order valence-corrected chi connectivity index (χ3v) is 13.0. The maximum atomic E-state index is 13.2. The van der Waals surface area contributed by atoms with Crippen LogP contribution in [0.4, 0.5) is 0 Å². The van der Waals surface area contributed by atoms with Gasteiger partial charge in [-0.25, -0.2) is 0 Å². The summed E-state index contributed by atoms with van der Waals surface area (Å²) in [4.78, 5) is 14.3. The van der Waals surface area contributed by atoms with Crippen LogP contribution in [0.15, 0.2) is 12.1 Å². The number of halogens is 1. The number of carbonyl (C=O) groups is 1. The van der Waals surface area contributed by atoms with Gasteiger partial charge in [0.05, 0.1) is 16.5 Å². The molecule has 4 nitrogen and oxygen atoms in total. The highest BCUT2D eigenvalue weighted by molar-refractivity contribution is 7.16. The van der Waals surface area contributed by atoms with E-state index < -0.39 is 0 Å². The largest absolute Gasteiger partial charge is 0.393 e. The minimum atomic E-state index is -0.132. The number of nitrogens with two attached hydrogens (primary N) is 1. The lowest BCUT2D eigenvalue weighted by Gasteiger charge is -2.63. The van der Waals surface area contributed by atoms with Gasteiger partial charge < -0.3 is 16.2 Å². The molecule has 1 heterocycles. The van der Waals surface area contributed by atoms with Gasteiger partial charge >= 0.3 is 0 Å². The fourth-order valence-electron chi connectivity index (χ4n) is 9.85. The van der Waals surface area contributed by atoms with Gasteiger partial charge in [-0.2, -0.15) is 0 Å². The van der Waals surface area contributed by atoms with E-state index in [0.29, 0.717) is 47.3 Å². The number of nitrogens with one attached hydrogen (secondary N) is 1. The third kappa shape index (κ3) is 4.58. The van der Waals surface area contributed by atoms with Crippen LogP contribution in [-0.2, 0) is 4.79 Å². The Morgan fingerprint density at radius 3 is 2.58 bits per heavy atom. The van der Waals surface area contributed by atoms with Crippen molar-refractivity contribution < 1.29 is 9.90 Å².